The van der Waals surface area contributed by atoms with E-state index in [9.17, 15) is 32.4 Å². The molecule has 3 N–H and O–H groups in total. The number of anilines is 1. The zero-order valence-corrected chi connectivity index (χ0v) is 21.2. The van der Waals surface area contributed by atoms with Gasteiger partial charge in [0.05, 0.1) is 0 Å². The van der Waals surface area contributed by atoms with Crippen LogP contribution in [0.5, 0.6) is 0 Å². The van der Waals surface area contributed by atoms with Crippen LogP contribution >= 0.6 is 11.6 Å². The molecule has 0 aromatic heterocycles. The SMILES string of the molecule is [B]C1([B])C2CC(O)(CO)C[C@@H]3C1([B])OB=S(=O)(c1cc(C(=O)Nc4cc(F)c(F)c(F)c4)ccc1Cl)[C@]23[B]. The standard InChI is InChI=1S/C22H16B5ClF3NO5S/c23-20-15-6-19(35,8-33)7-16(20)22(26,21(15,24)25)37-27-38(20,36)14-3-9(1-2-11(14)28)18(34)32-10-4-12(29)17(31)13(30)5-10/h1-5,15-16,33,35H,6-8H2,(H,32,34)/t15?,16-,19?,20+,22?,38?/m0/s1. The van der Waals surface area contributed by atoms with Gasteiger partial charge < -0.3 is 0 Å². The number of benzene rings is 2. The van der Waals surface area contributed by atoms with Crippen molar-refractivity contribution in [2.45, 2.75) is 38.7 Å². The topological polar surface area (TPSA) is 95.9 Å². The second-order valence-corrected chi connectivity index (χ2v) is 13.1. The summed E-state index contributed by atoms with van der Waals surface area (Å²) in [5, 5.41) is 21.0. The van der Waals surface area contributed by atoms with Crippen LogP contribution in [0.3, 0.4) is 0 Å². The molecule has 6 nitrogen and oxygen atoms in total. The summed E-state index contributed by atoms with van der Waals surface area (Å²) in [4.78, 5) is 12.8. The van der Waals surface area contributed by atoms with Crippen LogP contribution in [0.2, 0.25) is 10.2 Å². The van der Waals surface area contributed by atoms with E-state index in [0.717, 1.165) is 12.4 Å². The van der Waals surface area contributed by atoms with Gasteiger partial charge in [-0.15, -0.1) is 0 Å². The summed E-state index contributed by atoms with van der Waals surface area (Å²) in [6.07, 6.45) is 0.415. The first kappa shape index (κ1) is 27.9. The van der Waals surface area contributed by atoms with Gasteiger partial charge >= 0.3 is 228 Å². The number of nitrogens with one attached hydrogen (secondary N) is 1. The molecular weight excluding hydrogens is 537 g/mol. The molecule has 1 heterocycles. The molecule has 38 heavy (non-hydrogen) atoms. The first-order valence-electron chi connectivity index (χ1n) is 11.3. The molecule has 5 rings (SSSR count). The molecule has 1 amide bonds. The summed E-state index contributed by atoms with van der Waals surface area (Å²) in [5.74, 6) is -7.85. The van der Waals surface area contributed by atoms with E-state index in [1.807, 2.05) is 0 Å². The average molecular weight is 553 g/mol. The Kier molecular flexibility index (Phi) is 6.36. The van der Waals surface area contributed by atoms with Gasteiger partial charge in [-0.25, -0.2) is 0 Å². The van der Waals surface area contributed by atoms with Crippen molar-refractivity contribution >= 4 is 70.3 Å². The molecule has 2 saturated carbocycles. The molecule has 8 radical (unpaired) electrons. The van der Waals surface area contributed by atoms with Gasteiger partial charge in [-0.2, -0.15) is 0 Å². The first-order valence-corrected chi connectivity index (χ1v) is 13.3. The van der Waals surface area contributed by atoms with Crippen molar-refractivity contribution in [3.63, 3.8) is 0 Å². The number of hydrogen-bond donors (Lipinski definition) is 3. The predicted molar refractivity (Wildman–Crippen MR) is 138 cm³/mol. The Morgan fingerprint density at radius 2 is 1.74 bits per heavy atom. The second-order valence-electron chi connectivity index (χ2n) is 10.1. The molecule has 188 valence electrons. The number of carbonyl (C=O) groups is 1. The molecule has 3 aliphatic rings. The maximum absolute atomic E-state index is 14.8. The van der Waals surface area contributed by atoms with Gasteiger partial charge in [0.1, 0.15) is 0 Å². The predicted octanol–water partition coefficient (Wildman–Crippen LogP) is 1.16. The molecule has 16 heteroatoms. The Bertz CT molecular complexity index is 1470. The molecule has 6 atom stereocenters. The molecule has 0 saturated heterocycles. The van der Waals surface area contributed by atoms with Crippen LogP contribution in [0.1, 0.15) is 23.2 Å². The summed E-state index contributed by atoms with van der Waals surface area (Å²) in [6.45, 7) is -0.659. The summed E-state index contributed by atoms with van der Waals surface area (Å²) in [6, 6.07) is 4.87. The third-order valence-electron chi connectivity index (χ3n) is 7.99. The fourth-order valence-corrected chi connectivity index (χ4v) is 9.37. The van der Waals surface area contributed by atoms with Gasteiger partial charge in [0.2, 0.25) is 0 Å². The Hall–Kier alpha value is -1.66. The van der Waals surface area contributed by atoms with Gasteiger partial charge in [-0.1, -0.05) is 0 Å². The molecule has 2 aliphatic carbocycles. The molecule has 2 fully saturated rings. The van der Waals surface area contributed by atoms with E-state index in [1.165, 1.54) is 12.1 Å². The van der Waals surface area contributed by atoms with Crippen LogP contribution in [0, 0.1) is 29.3 Å². The Balaban J connectivity index is 1.60. The van der Waals surface area contributed by atoms with E-state index in [4.69, 9.17) is 47.6 Å². The normalized spacial score (nSPS) is 36.7. The second kappa shape index (κ2) is 8.67. The molecule has 2 aromatic carbocycles. The summed E-state index contributed by atoms with van der Waals surface area (Å²) in [5.41, 5.74) is -4.03. The monoisotopic (exact) mass is 553 g/mol. The Labute approximate surface area is 227 Å². The van der Waals surface area contributed by atoms with Crippen LogP contribution in [-0.4, -0.2) is 80.4 Å². The van der Waals surface area contributed by atoms with Crippen LogP contribution in [-0.2, 0) is 14.0 Å². The fraction of sp³-hybridized carbons (Fsp3) is 0.409. The zero-order valence-electron chi connectivity index (χ0n) is 19.6. The minimum atomic E-state index is -3.71. The van der Waals surface area contributed by atoms with E-state index < -0.39 is 72.1 Å². The minimum absolute atomic E-state index is 0.0679. The van der Waals surface area contributed by atoms with Crippen molar-refractivity contribution in [2.75, 3.05) is 11.9 Å². The number of hydrogen-bond acceptors (Lipinski definition) is 5. The summed E-state index contributed by atoms with van der Waals surface area (Å²) >= 11 is 6.42. The molecule has 4 bridgehead atoms. The first-order chi connectivity index (χ1) is 17.5. The molecule has 0 spiro atoms. The number of amides is 1. The Morgan fingerprint density at radius 3 is 2.34 bits per heavy atom. The maximum atomic E-state index is 14.8. The third kappa shape index (κ3) is 3.58. The number of aliphatic hydroxyl groups excluding tert-OH is 1. The summed E-state index contributed by atoms with van der Waals surface area (Å²) < 4.78 is 59.2. The van der Waals surface area contributed by atoms with Gasteiger partial charge in [-0.05, 0) is 0 Å². The third-order valence-corrected chi connectivity index (χ3v) is 11.4. The summed E-state index contributed by atoms with van der Waals surface area (Å²) in [7, 11) is 22.4. The van der Waals surface area contributed by atoms with Crippen molar-refractivity contribution in [3.05, 3.63) is 58.4 Å². The van der Waals surface area contributed by atoms with Crippen molar-refractivity contribution in [1.29, 1.82) is 0 Å². The number of halogens is 4. The van der Waals surface area contributed by atoms with Gasteiger partial charge in [-0.3, -0.25) is 0 Å². The van der Waals surface area contributed by atoms with E-state index in [-0.39, 0.29) is 34.0 Å². The fourth-order valence-electron chi connectivity index (χ4n) is 5.93. The van der Waals surface area contributed by atoms with Crippen LogP contribution < -0.4 is 5.32 Å². The van der Waals surface area contributed by atoms with Crippen molar-refractivity contribution in [1.82, 2.24) is 0 Å². The van der Waals surface area contributed by atoms with Gasteiger partial charge in [0.15, 0.2) is 0 Å². The number of aliphatic hydroxyl groups is 2. The number of carbonyl (C=O) groups excluding carboxylic acids is 1. The van der Waals surface area contributed by atoms with E-state index in [1.54, 1.807) is 0 Å². The molecule has 2 aromatic rings. The molecule has 1 aliphatic heterocycles. The van der Waals surface area contributed by atoms with Crippen LogP contribution in [0.4, 0.5) is 18.9 Å². The van der Waals surface area contributed by atoms with Crippen molar-refractivity contribution in [3.8, 4) is 0 Å². The van der Waals surface area contributed by atoms with Gasteiger partial charge in [0.25, 0.3) is 0 Å². The Morgan fingerprint density at radius 1 is 1.13 bits per heavy atom. The average Bonchev–Trinajstić information content (AvgIpc) is 2.90. The van der Waals surface area contributed by atoms with Crippen LogP contribution in [0.15, 0.2) is 35.2 Å². The van der Waals surface area contributed by atoms with Crippen molar-refractivity contribution in [2.24, 2.45) is 11.8 Å². The van der Waals surface area contributed by atoms with E-state index >= 15 is 0 Å². The van der Waals surface area contributed by atoms with Crippen molar-refractivity contribution < 1.29 is 37.0 Å². The zero-order chi connectivity index (χ0) is 28.1. The molecule has 4 unspecified atom stereocenters. The quantitative estimate of drug-likeness (QED) is 0.391. The molecular formula is C22H16B5ClF3NO5S. The van der Waals surface area contributed by atoms with E-state index in [2.05, 4.69) is 5.32 Å². The van der Waals surface area contributed by atoms with Crippen LogP contribution in [0.25, 0.3) is 0 Å². The van der Waals surface area contributed by atoms with Gasteiger partial charge in [0, 0.05) is 0 Å². The van der Waals surface area contributed by atoms with E-state index in [0.29, 0.717) is 12.1 Å². The number of rotatable bonds is 4.